The van der Waals surface area contributed by atoms with E-state index in [4.69, 9.17) is 5.11 Å². The van der Waals surface area contributed by atoms with Crippen molar-refractivity contribution in [3.63, 3.8) is 0 Å². The molecule has 4 N–H and O–H groups in total. The van der Waals surface area contributed by atoms with E-state index in [9.17, 15) is 33.7 Å². The fourth-order valence-corrected chi connectivity index (χ4v) is 3.14. The van der Waals surface area contributed by atoms with Crippen LogP contribution in [0.4, 0.5) is 8.78 Å². The van der Waals surface area contributed by atoms with E-state index >= 15 is 0 Å². The number of phenols is 2. The summed E-state index contributed by atoms with van der Waals surface area (Å²) < 4.78 is 26.5. The van der Waals surface area contributed by atoms with Crippen molar-refractivity contribution in [1.82, 2.24) is 0 Å². The van der Waals surface area contributed by atoms with Gasteiger partial charge in [-0.3, -0.25) is 9.59 Å². The molecular formula is C20H20F2O6. The van der Waals surface area contributed by atoms with Crippen molar-refractivity contribution in [3.8, 4) is 11.5 Å². The van der Waals surface area contributed by atoms with Gasteiger partial charge in [-0.05, 0) is 60.6 Å². The van der Waals surface area contributed by atoms with Crippen molar-refractivity contribution in [2.45, 2.75) is 25.7 Å². The molecular weight excluding hydrogens is 374 g/mol. The Kier molecular flexibility index (Phi) is 6.92. The summed E-state index contributed by atoms with van der Waals surface area (Å²) in [5.74, 6) is -6.78. The summed E-state index contributed by atoms with van der Waals surface area (Å²) in [6.45, 7) is 0. The van der Waals surface area contributed by atoms with E-state index in [0.29, 0.717) is 11.1 Å². The van der Waals surface area contributed by atoms with E-state index in [2.05, 4.69) is 0 Å². The summed E-state index contributed by atoms with van der Waals surface area (Å²) in [6.07, 6.45) is -0.181. The first-order valence-electron chi connectivity index (χ1n) is 8.56. The highest BCUT2D eigenvalue weighted by atomic mass is 19.1. The topological polar surface area (TPSA) is 115 Å². The van der Waals surface area contributed by atoms with Gasteiger partial charge in [-0.15, -0.1) is 0 Å². The number of halogens is 2. The zero-order valence-electron chi connectivity index (χ0n) is 14.8. The molecule has 0 amide bonds. The van der Waals surface area contributed by atoms with Gasteiger partial charge in [0.1, 0.15) is 0 Å². The van der Waals surface area contributed by atoms with Crippen molar-refractivity contribution in [1.29, 1.82) is 0 Å². The van der Waals surface area contributed by atoms with Gasteiger partial charge in [0.05, 0.1) is 5.92 Å². The number of aromatic hydroxyl groups is 2. The summed E-state index contributed by atoms with van der Waals surface area (Å²) in [6, 6.07) is 7.12. The molecule has 0 aromatic heterocycles. The molecule has 0 aliphatic rings. The lowest BCUT2D eigenvalue weighted by molar-refractivity contribution is -0.145. The maximum Gasteiger partial charge on any atom is 0.307 e. The first-order valence-corrected chi connectivity index (χ1v) is 8.56. The number of aliphatic carboxylic acids is 2. The van der Waals surface area contributed by atoms with Crippen LogP contribution in [0.15, 0.2) is 36.4 Å². The Labute approximate surface area is 159 Å². The smallest absolute Gasteiger partial charge is 0.307 e. The molecule has 0 aliphatic heterocycles. The van der Waals surface area contributed by atoms with Crippen molar-refractivity contribution >= 4 is 11.9 Å². The summed E-state index contributed by atoms with van der Waals surface area (Å²) in [4.78, 5) is 22.8. The lowest BCUT2D eigenvalue weighted by Gasteiger charge is -2.24. The zero-order chi connectivity index (χ0) is 20.8. The number of benzene rings is 2. The second-order valence-electron chi connectivity index (χ2n) is 6.62. The second kappa shape index (κ2) is 9.16. The Hall–Kier alpha value is -3.16. The number of carboxylic acids is 2. The van der Waals surface area contributed by atoms with Crippen molar-refractivity contribution in [3.05, 3.63) is 59.2 Å². The third kappa shape index (κ3) is 5.67. The third-order valence-corrected chi connectivity index (χ3v) is 4.59. The highest BCUT2D eigenvalue weighted by molar-refractivity contribution is 5.71. The number of carboxylic acid groups (broad SMARTS) is 2. The van der Waals surface area contributed by atoms with Gasteiger partial charge in [-0.2, -0.15) is 0 Å². The molecule has 0 unspecified atom stereocenters. The predicted molar refractivity (Wildman–Crippen MR) is 95.0 cm³/mol. The molecule has 2 aromatic rings. The van der Waals surface area contributed by atoms with Crippen LogP contribution in [0, 0.1) is 23.5 Å². The average molecular weight is 394 g/mol. The molecule has 0 saturated carbocycles. The first-order chi connectivity index (χ1) is 13.2. The molecule has 0 fully saturated rings. The third-order valence-electron chi connectivity index (χ3n) is 4.59. The van der Waals surface area contributed by atoms with Crippen LogP contribution in [0.25, 0.3) is 0 Å². The number of rotatable bonds is 9. The highest BCUT2D eigenvalue weighted by Crippen LogP contribution is 2.29. The molecule has 0 aliphatic carbocycles. The van der Waals surface area contributed by atoms with E-state index in [1.807, 2.05) is 0 Å². The molecule has 150 valence electrons. The molecule has 2 aromatic carbocycles. The molecule has 8 heteroatoms. The Morgan fingerprint density at radius 2 is 1.36 bits per heavy atom. The maximum atomic E-state index is 13.3. The van der Waals surface area contributed by atoms with Crippen LogP contribution in [0.2, 0.25) is 0 Å². The molecule has 0 radical (unpaired) electrons. The van der Waals surface area contributed by atoms with Crippen molar-refractivity contribution in [2.24, 2.45) is 11.8 Å². The normalized spacial score (nSPS) is 13.1. The fraction of sp³-hybridized carbons (Fsp3) is 0.300. The van der Waals surface area contributed by atoms with E-state index in [0.717, 1.165) is 18.2 Å². The van der Waals surface area contributed by atoms with Gasteiger partial charge in [0, 0.05) is 6.42 Å². The van der Waals surface area contributed by atoms with E-state index in [1.54, 1.807) is 0 Å². The van der Waals surface area contributed by atoms with Gasteiger partial charge < -0.3 is 20.4 Å². The number of carbonyl (C=O) groups is 2. The minimum Gasteiger partial charge on any atom is -0.505 e. The molecule has 2 rings (SSSR count). The van der Waals surface area contributed by atoms with Gasteiger partial charge in [0.2, 0.25) is 0 Å². The fourth-order valence-electron chi connectivity index (χ4n) is 3.14. The maximum absolute atomic E-state index is 13.3. The minimum atomic E-state index is -1.18. The predicted octanol–water partition coefficient (Wildman–Crippen LogP) is 3.34. The van der Waals surface area contributed by atoms with Crippen LogP contribution in [-0.4, -0.2) is 32.4 Å². The molecule has 0 spiro atoms. The monoisotopic (exact) mass is 394 g/mol. The van der Waals surface area contributed by atoms with Crippen LogP contribution < -0.4 is 0 Å². The summed E-state index contributed by atoms with van der Waals surface area (Å²) in [7, 11) is 0. The summed E-state index contributed by atoms with van der Waals surface area (Å²) in [5.41, 5.74) is 0.844. The lowest BCUT2D eigenvalue weighted by Crippen LogP contribution is -2.28. The highest BCUT2D eigenvalue weighted by Gasteiger charge is 2.29. The van der Waals surface area contributed by atoms with Gasteiger partial charge in [-0.25, -0.2) is 8.78 Å². The van der Waals surface area contributed by atoms with E-state index in [1.165, 1.54) is 18.2 Å². The summed E-state index contributed by atoms with van der Waals surface area (Å²) in [5, 5.41) is 37.7. The number of phenolic OH excluding ortho intramolecular Hbond substituents is 2. The number of hydrogen-bond acceptors (Lipinski definition) is 4. The quantitative estimate of drug-likeness (QED) is 0.519. The van der Waals surface area contributed by atoms with E-state index in [-0.39, 0.29) is 25.7 Å². The Morgan fingerprint density at radius 3 is 1.79 bits per heavy atom. The Bertz CT molecular complexity index is 868. The first kappa shape index (κ1) is 21.1. The van der Waals surface area contributed by atoms with Gasteiger partial charge >= 0.3 is 11.9 Å². The van der Waals surface area contributed by atoms with Crippen molar-refractivity contribution in [2.75, 3.05) is 0 Å². The van der Waals surface area contributed by atoms with Crippen LogP contribution in [0.5, 0.6) is 11.5 Å². The minimum absolute atomic E-state index is 0.0393. The Morgan fingerprint density at radius 1 is 0.857 bits per heavy atom. The molecule has 2 atom stereocenters. The van der Waals surface area contributed by atoms with Crippen LogP contribution in [0.1, 0.15) is 24.0 Å². The molecule has 28 heavy (non-hydrogen) atoms. The molecule has 0 saturated heterocycles. The summed E-state index contributed by atoms with van der Waals surface area (Å²) >= 11 is 0. The lowest BCUT2D eigenvalue weighted by atomic mass is 9.80. The second-order valence-corrected chi connectivity index (χ2v) is 6.62. The SMILES string of the molecule is O=C(O)CC[C@@H](Cc1ccc(F)c(O)c1)[C@H](Cc1ccc(F)c(O)c1)C(=O)O. The Balaban J connectivity index is 2.29. The largest absolute Gasteiger partial charge is 0.505 e. The van der Waals surface area contributed by atoms with Gasteiger partial charge in [-0.1, -0.05) is 12.1 Å². The van der Waals surface area contributed by atoms with Crippen LogP contribution in [0.3, 0.4) is 0 Å². The molecule has 6 nitrogen and oxygen atoms in total. The van der Waals surface area contributed by atoms with Crippen LogP contribution in [-0.2, 0) is 22.4 Å². The van der Waals surface area contributed by atoms with E-state index < -0.39 is 46.9 Å². The molecule has 0 heterocycles. The van der Waals surface area contributed by atoms with Crippen molar-refractivity contribution < 1.29 is 38.8 Å². The molecule has 0 bridgehead atoms. The standard InChI is InChI=1S/C20H20F2O6/c21-15-4-1-11(9-17(15)23)7-13(3-6-19(25)26)14(20(27)28)8-12-2-5-16(22)18(24)10-12/h1-2,4-5,9-10,13-14,23-24H,3,6-8H2,(H,25,26)(H,27,28)/t13-,14-/m0/s1. The zero-order valence-corrected chi connectivity index (χ0v) is 14.8. The van der Waals surface area contributed by atoms with Gasteiger partial charge in [0.25, 0.3) is 0 Å². The van der Waals surface area contributed by atoms with Crippen LogP contribution >= 0.6 is 0 Å². The van der Waals surface area contributed by atoms with Gasteiger partial charge in [0.15, 0.2) is 23.1 Å². The number of hydrogen-bond donors (Lipinski definition) is 4. The average Bonchev–Trinajstić information content (AvgIpc) is 2.62.